The van der Waals surface area contributed by atoms with Gasteiger partial charge in [0, 0.05) is 18.7 Å². The molecule has 25 heavy (non-hydrogen) atoms. The molecule has 0 aromatic heterocycles. The number of halogens is 1. The maximum absolute atomic E-state index is 13.2. The van der Waals surface area contributed by atoms with Gasteiger partial charge in [0.1, 0.15) is 5.82 Å². The van der Waals surface area contributed by atoms with Crippen molar-refractivity contribution in [1.82, 2.24) is 4.72 Å². The van der Waals surface area contributed by atoms with Crippen molar-refractivity contribution in [2.24, 2.45) is 0 Å². The minimum Gasteiger partial charge on any atom is -0.326 e. The first-order valence-corrected chi connectivity index (χ1v) is 9.30. The van der Waals surface area contributed by atoms with Gasteiger partial charge in [0.15, 0.2) is 0 Å². The highest BCUT2D eigenvalue weighted by Crippen LogP contribution is 2.17. The van der Waals surface area contributed by atoms with Crippen LogP contribution in [-0.2, 0) is 14.8 Å². The van der Waals surface area contributed by atoms with Gasteiger partial charge in [-0.25, -0.2) is 17.5 Å². The van der Waals surface area contributed by atoms with E-state index in [-0.39, 0.29) is 17.9 Å². The summed E-state index contributed by atoms with van der Waals surface area (Å²) in [6.45, 7) is 5.23. The van der Waals surface area contributed by atoms with Crippen LogP contribution in [0.5, 0.6) is 0 Å². The molecule has 0 radical (unpaired) electrons. The first kappa shape index (κ1) is 19.1. The first-order chi connectivity index (χ1) is 11.7. The molecule has 0 fully saturated rings. The van der Waals surface area contributed by atoms with Crippen molar-refractivity contribution in [2.45, 2.75) is 32.1 Å². The summed E-state index contributed by atoms with van der Waals surface area (Å²) in [5.74, 6) is -0.839. The Morgan fingerprint density at radius 2 is 1.72 bits per heavy atom. The van der Waals surface area contributed by atoms with Crippen LogP contribution in [0.15, 0.2) is 41.3 Å². The largest absolute Gasteiger partial charge is 0.326 e. The molecule has 0 aliphatic carbocycles. The van der Waals surface area contributed by atoms with E-state index in [1.165, 1.54) is 12.1 Å². The molecule has 0 aliphatic rings. The molecule has 2 aromatic carbocycles. The summed E-state index contributed by atoms with van der Waals surface area (Å²) < 4.78 is 40.3. The number of benzene rings is 2. The van der Waals surface area contributed by atoms with Gasteiger partial charge >= 0.3 is 0 Å². The molecule has 2 aromatic rings. The van der Waals surface area contributed by atoms with Gasteiger partial charge < -0.3 is 5.32 Å². The molecule has 0 heterocycles. The van der Waals surface area contributed by atoms with Crippen LogP contribution in [0.4, 0.5) is 10.1 Å². The van der Waals surface area contributed by atoms with Crippen LogP contribution in [0.1, 0.15) is 23.1 Å². The number of hydrogen-bond acceptors (Lipinski definition) is 3. The van der Waals surface area contributed by atoms with Crippen molar-refractivity contribution in [1.29, 1.82) is 0 Å². The van der Waals surface area contributed by atoms with Gasteiger partial charge in [0.25, 0.3) is 0 Å². The van der Waals surface area contributed by atoms with E-state index >= 15 is 0 Å². The molecule has 0 spiro atoms. The van der Waals surface area contributed by atoms with E-state index in [1.54, 1.807) is 32.0 Å². The quantitative estimate of drug-likeness (QED) is 0.827. The van der Waals surface area contributed by atoms with Crippen LogP contribution < -0.4 is 10.0 Å². The highest BCUT2D eigenvalue weighted by atomic mass is 32.2. The van der Waals surface area contributed by atoms with E-state index in [2.05, 4.69) is 10.0 Å². The third-order valence-electron chi connectivity index (χ3n) is 3.75. The van der Waals surface area contributed by atoms with Crippen LogP contribution in [0.2, 0.25) is 0 Å². The number of carbonyl (C=O) groups excluding carboxylic acids is 1. The second-order valence-electron chi connectivity index (χ2n) is 5.92. The van der Waals surface area contributed by atoms with Crippen molar-refractivity contribution in [3.63, 3.8) is 0 Å². The van der Waals surface area contributed by atoms with E-state index in [0.29, 0.717) is 11.3 Å². The summed E-state index contributed by atoms with van der Waals surface area (Å²) in [6, 6.07) is 9.27. The predicted octanol–water partition coefficient (Wildman–Crippen LogP) is 3.06. The Balaban J connectivity index is 1.96. The molecular weight excluding hydrogens is 343 g/mol. The Bertz CT molecular complexity index is 895. The van der Waals surface area contributed by atoms with Gasteiger partial charge in [-0.1, -0.05) is 18.2 Å². The SMILES string of the molecule is Cc1ccc(C)c(S(=O)(=O)NCCC(=O)Nc2cc(F)ccc2C)c1. The Labute approximate surface area is 147 Å². The molecule has 0 saturated carbocycles. The van der Waals surface area contributed by atoms with Gasteiger partial charge in [-0.3, -0.25) is 4.79 Å². The first-order valence-electron chi connectivity index (χ1n) is 7.82. The van der Waals surface area contributed by atoms with E-state index in [0.717, 1.165) is 11.1 Å². The highest BCUT2D eigenvalue weighted by Gasteiger charge is 2.17. The summed E-state index contributed by atoms with van der Waals surface area (Å²) in [7, 11) is -3.69. The summed E-state index contributed by atoms with van der Waals surface area (Å²) in [4.78, 5) is 12.2. The third-order valence-corrected chi connectivity index (χ3v) is 5.35. The number of nitrogens with one attached hydrogen (secondary N) is 2. The fraction of sp³-hybridized carbons (Fsp3) is 0.278. The van der Waals surface area contributed by atoms with E-state index in [4.69, 9.17) is 0 Å². The normalized spacial score (nSPS) is 11.4. The smallest absolute Gasteiger partial charge is 0.240 e. The number of amides is 1. The molecular formula is C18H21FN2O3S. The second kappa shape index (κ2) is 7.76. The molecule has 134 valence electrons. The lowest BCUT2D eigenvalue weighted by Crippen LogP contribution is -2.28. The monoisotopic (exact) mass is 364 g/mol. The lowest BCUT2D eigenvalue weighted by atomic mass is 10.2. The van der Waals surface area contributed by atoms with E-state index in [9.17, 15) is 17.6 Å². The van der Waals surface area contributed by atoms with Gasteiger partial charge in [-0.15, -0.1) is 0 Å². The fourth-order valence-corrected chi connectivity index (χ4v) is 3.67. The zero-order chi connectivity index (χ0) is 18.6. The zero-order valence-corrected chi connectivity index (χ0v) is 15.2. The molecule has 7 heteroatoms. The Morgan fingerprint density at radius 1 is 1.04 bits per heavy atom. The number of anilines is 1. The minimum absolute atomic E-state index is 0.0457. The van der Waals surface area contributed by atoms with Crippen LogP contribution in [0.3, 0.4) is 0 Å². The third kappa shape index (κ3) is 5.11. The average molecular weight is 364 g/mol. The molecule has 5 nitrogen and oxygen atoms in total. The number of aryl methyl sites for hydroxylation is 3. The maximum atomic E-state index is 13.2. The van der Waals surface area contributed by atoms with Gasteiger partial charge in [0.2, 0.25) is 15.9 Å². The van der Waals surface area contributed by atoms with Crippen LogP contribution >= 0.6 is 0 Å². The lowest BCUT2D eigenvalue weighted by molar-refractivity contribution is -0.116. The Morgan fingerprint density at radius 3 is 2.44 bits per heavy atom. The van der Waals surface area contributed by atoms with Gasteiger partial charge in [-0.2, -0.15) is 0 Å². The summed E-state index contributed by atoms with van der Waals surface area (Å²) >= 11 is 0. The number of rotatable bonds is 6. The minimum atomic E-state index is -3.69. The van der Waals surface area contributed by atoms with Crippen LogP contribution in [0, 0.1) is 26.6 Å². The predicted molar refractivity (Wildman–Crippen MR) is 95.5 cm³/mol. The molecule has 0 aliphatic heterocycles. The molecule has 0 unspecified atom stereocenters. The van der Waals surface area contributed by atoms with Gasteiger partial charge in [0.05, 0.1) is 4.90 Å². The molecule has 0 atom stereocenters. The van der Waals surface area contributed by atoms with Crippen molar-refractivity contribution in [2.75, 3.05) is 11.9 Å². The molecule has 2 rings (SSSR count). The molecule has 1 amide bonds. The average Bonchev–Trinajstić information content (AvgIpc) is 2.53. The molecule has 0 saturated heterocycles. The van der Waals surface area contributed by atoms with Gasteiger partial charge in [-0.05, 0) is 55.7 Å². The number of sulfonamides is 1. The van der Waals surface area contributed by atoms with Crippen molar-refractivity contribution >= 4 is 21.6 Å². The highest BCUT2D eigenvalue weighted by molar-refractivity contribution is 7.89. The standard InChI is InChI=1S/C18H21FN2O3S/c1-12-4-5-14(3)17(10-12)25(23,24)20-9-8-18(22)21-16-11-15(19)7-6-13(16)2/h4-7,10-11,20H,8-9H2,1-3H3,(H,21,22). The van der Waals surface area contributed by atoms with Crippen molar-refractivity contribution in [3.8, 4) is 0 Å². The van der Waals surface area contributed by atoms with Crippen molar-refractivity contribution < 1.29 is 17.6 Å². The Kier molecular flexibility index (Phi) is 5.92. The maximum Gasteiger partial charge on any atom is 0.240 e. The Hall–Kier alpha value is -2.25. The van der Waals surface area contributed by atoms with Crippen LogP contribution in [-0.4, -0.2) is 20.9 Å². The van der Waals surface area contributed by atoms with Crippen molar-refractivity contribution in [3.05, 3.63) is 58.9 Å². The zero-order valence-electron chi connectivity index (χ0n) is 14.4. The summed E-state index contributed by atoms with van der Waals surface area (Å²) in [6.07, 6.45) is -0.0555. The lowest BCUT2D eigenvalue weighted by Gasteiger charge is -2.11. The topological polar surface area (TPSA) is 75.3 Å². The second-order valence-corrected chi connectivity index (χ2v) is 7.66. The molecule has 2 N–H and O–H groups in total. The van der Waals surface area contributed by atoms with E-state index < -0.39 is 21.7 Å². The number of hydrogen-bond donors (Lipinski definition) is 2. The van der Waals surface area contributed by atoms with E-state index in [1.807, 2.05) is 13.0 Å². The summed E-state index contributed by atoms with van der Waals surface area (Å²) in [5.41, 5.74) is 2.58. The summed E-state index contributed by atoms with van der Waals surface area (Å²) in [5, 5.41) is 2.58. The van der Waals surface area contributed by atoms with Crippen LogP contribution in [0.25, 0.3) is 0 Å². The molecule has 0 bridgehead atoms. The fourth-order valence-electron chi connectivity index (χ4n) is 2.32. The number of carbonyl (C=O) groups is 1.